The maximum Gasteiger partial charge on any atom is 0.259 e. The number of para-hydroxylation sites is 1. The van der Waals surface area contributed by atoms with Gasteiger partial charge in [-0.15, -0.1) is 0 Å². The molecule has 1 amide bonds. The van der Waals surface area contributed by atoms with Gasteiger partial charge in [0.05, 0.1) is 6.21 Å². The van der Waals surface area contributed by atoms with E-state index in [1.807, 2.05) is 95.7 Å². The summed E-state index contributed by atoms with van der Waals surface area (Å²) < 4.78 is 7.67. The van der Waals surface area contributed by atoms with Crippen LogP contribution in [0, 0.1) is 0 Å². The summed E-state index contributed by atoms with van der Waals surface area (Å²) in [5, 5.41) is 5.16. The number of fused-ring (bicyclic) bond motifs is 1. The first-order valence-corrected chi connectivity index (χ1v) is 9.40. The van der Waals surface area contributed by atoms with Crippen molar-refractivity contribution in [3.05, 3.63) is 102 Å². The average molecular weight is 383 g/mol. The number of hydrogen-bond donors (Lipinski definition) is 1. The molecule has 144 valence electrons. The Morgan fingerprint density at radius 2 is 1.69 bits per heavy atom. The number of benzene rings is 3. The van der Waals surface area contributed by atoms with E-state index < -0.39 is 0 Å². The van der Waals surface area contributed by atoms with Gasteiger partial charge in [-0.1, -0.05) is 48.5 Å². The number of rotatable bonds is 7. The maximum absolute atomic E-state index is 12.2. The molecule has 1 aromatic heterocycles. The molecule has 4 aromatic rings. The van der Waals surface area contributed by atoms with Crippen LogP contribution in [-0.4, -0.2) is 16.7 Å². The van der Waals surface area contributed by atoms with Crippen molar-refractivity contribution in [2.45, 2.75) is 13.2 Å². The number of hydrogen-bond acceptors (Lipinski definition) is 3. The Morgan fingerprint density at radius 3 is 2.52 bits per heavy atom. The largest absolute Gasteiger partial charge is 0.489 e. The van der Waals surface area contributed by atoms with Crippen LogP contribution in [0.4, 0.5) is 0 Å². The fourth-order valence-electron chi connectivity index (χ4n) is 3.04. The van der Waals surface area contributed by atoms with E-state index in [9.17, 15) is 4.79 Å². The quantitative estimate of drug-likeness (QED) is 0.381. The Balaban J connectivity index is 1.28. The molecule has 0 unspecified atom stereocenters. The number of aromatic nitrogens is 1. The zero-order chi connectivity index (χ0) is 19.9. The van der Waals surface area contributed by atoms with Crippen LogP contribution in [0.25, 0.3) is 10.9 Å². The predicted molar refractivity (Wildman–Crippen MR) is 115 cm³/mol. The smallest absolute Gasteiger partial charge is 0.259 e. The van der Waals surface area contributed by atoms with Gasteiger partial charge in [-0.3, -0.25) is 4.79 Å². The summed E-state index contributed by atoms with van der Waals surface area (Å²) in [5.41, 5.74) is 5.60. The molecule has 0 atom stereocenters. The van der Waals surface area contributed by atoms with E-state index in [0.29, 0.717) is 6.61 Å². The van der Waals surface area contributed by atoms with Crippen LogP contribution in [0.2, 0.25) is 0 Å². The van der Waals surface area contributed by atoms with E-state index in [2.05, 4.69) is 10.5 Å². The van der Waals surface area contributed by atoms with Crippen molar-refractivity contribution in [1.82, 2.24) is 9.99 Å². The van der Waals surface area contributed by atoms with Gasteiger partial charge in [0.2, 0.25) is 0 Å². The second-order valence-corrected chi connectivity index (χ2v) is 6.64. The van der Waals surface area contributed by atoms with E-state index in [4.69, 9.17) is 4.74 Å². The molecule has 0 aliphatic heterocycles. The van der Waals surface area contributed by atoms with E-state index in [1.54, 1.807) is 6.21 Å². The van der Waals surface area contributed by atoms with Crippen LogP contribution in [0.5, 0.6) is 5.75 Å². The molecule has 0 saturated carbocycles. The minimum atomic E-state index is -0.176. The second-order valence-electron chi connectivity index (χ2n) is 6.64. The highest BCUT2D eigenvalue weighted by atomic mass is 16.5. The van der Waals surface area contributed by atoms with E-state index in [-0.39, 0.29) is 12.5 Å². The van der Waals surface area contributed by atoms with Gasteiger partial charge in [-0.25, -0.2) is 5.43 Å². The normalized spacial score (nSPS) is 11.0. The van der Waals surface area contributed by atoms with Gasteiger partial charge in [0.1, 0.15) is 18.9 Å². The highest BCUT2D eigenvalue weighted by molar-refractivity contribution is 5.84. The van der Waals surface area contributed by atoms with Crippen molar-refractivity contribution in [2.75, 3.05) is 0 Å². The lowest BCUT2D eigenvalue weighted by Crippen LogP contribution is -2.22. The Hall–Kier alpha value is -3.86. The molecule has 5 nitrogen and oxygen atoms in total. The SMILES string of the molecule is O=C(Cn1ccc2ccccc21)N/N=C/c1ccc(OCc2ccccc2)cc1. The molecule has 4 rings (SSSR count). The highest BCUT2D eigenvalue weighted by Gasteiger charge is 2.04. The van der Waals surface area contributed by atoms with Crippen LogP contribution in [0.3, 0.4) is 0 Å². The molecule has 29 heavy (non-hydrogen) atoms. The summed E-state index contributed by atoms with van der Waals surface area (Å²) in [6.07, 6.45) is 3.52. The number of nitrogens with one attached hydrogen (secondary N) is 1. The second kappa shape index (κ2) is 8.89. The van der Waals surface area contributed by atoms with Crippen molar-refractivity contribution < 1.29 is 9.53 Å². The Labute approximate surface area is 169 Å². The van der Waals surface area contributed by atoms with Gasteiger partial charge in [-0.05, 0) is 52.9 Å². The molecule has 1 heterocycles. The lowest BCUT2D eigenvalue weighted by molar-refractivity contribution is -0.121. The lowest BCUT2D eigenvalue weighted by Gasteiger charge is -2.06. The lowest BCUT2D eigenvalue weighted by atomic mass is 10.2. The van der Waals surface area contributed by atoms with Crippen molar-refractivity contribution >= 4 is 23.0 Å². The number of carbonyl (C=O) groups excluding carboxylic acids is 1. The average Bonchev–Trinajstić information content (AvgIpc) is 3.17. The minimum Gasteiger partial charge on any atom is -0.489 e. The van der Waals surface area contributed by atoms with Crippen LogP contribution in [0.15, 0.2) is 96.2 Å². The van der Waals surface area contributed by atoms with Gasteiger partial charge in [0, 0.05) is 11.7 Å². The van der Waals surface area contributed by atoms with E-state index in [1.165, 1.54) is 0 Å². The van der Waals surface area contributed by atoms with Gasteiger partial charge in [0.25, 0.3) is 5.91 Å². The molecular weight excluding hydrogens is 362 g/mol. The summed E-state index contributed by atoms with van der Waals surface area (Å²) >= 11 is 0. The number of amides is 1. The van der Waals surface area contributed by atoms with Gasteiger partial charge in [0.15, 0.2) is 0 Å². The third-order valence-corrected chi connectivity index (χ3v) is 4.53. The highest BCUT2D eigenvalue weighted by Crippen LogP contribution is 2.15. The van der Waals surface area contributed by atoms with Gasteiger partial charge >= 0.3 is 0 Å². The molecule has 0 bridgehead atoms. The third-order valence-electron chi connectivity index (χ3n) is 4.53. The summed E-state index contributed by atoms with van der Waals surface area (Å²) in [7, 11) is 0. The molecule has 5 heteroatoms. The third kappa shape index (κ3) is 4.90. The molecule has 0 saturated heterocycles. The zero-order valence-electron chi connectivity index (χ0n) is 15.9. The predicted octanol–water partition coefficient (Wildman–Crippen LogP) is 4.37. The fourth-order valence-corrected chi connectivity index (χ4v) is 3.04. The first kappa shape index (κ1) is 18.5. The zero-order valence-corrected chi connectivity index (χ0v) is 15.9. The molecule has 3 aromatic carbocycles. The monoisotopic (exact) mass is 383 g/mol. The van der Waals surface area contributed by atoms with Crippen LogP contribution >= 0.6 is 0 Å². The molecule has 0 radical (unpaired) electrons. The molecule has 0 aliphatic rings. The summed E-state index contributed by atoms with van der Waals surface area (Å²) in [6.45, 7) is 0.746. The summed E-state index contributed by atoms with van der Waals surface area (Å²) in [5.74, 6) is 0.611. The van der Waals surface area contributed by atoms with E-state index >= 15 is 0 Å². The molecular formula is C24H21N3O2. The summed E-state index contributed by atoms with van der Waals surface area (Å²) in [4.78, 5) is 12.2. The summed E-state index contributed by atoms with van der Waals surface area (Å²) in [6, 6.07) is 27.5. The molecule has 0 aliphatic carbocycles. The van der Waals surface area contributed by atoms with Gasteiger partial charge in [-0.2, -0.15) is 5.10 Å². The van der Waals surface area contributed by atoms with E-state index in [0.717, 1.165) is 27.8 Å². The van der Waals surface area contributed by atoms with Crippen molar-refractivity contribution in [3.8, 4) is 5.75 Å². The van der Waals surface area contributed by atoms with Crippen LogP contribution in [-0.2, 0) is 17.9 Å². The number of ether oxygens (including phenoxy) is 1. The number of nitrogens with zero attached hydrogens (tertiary/aromatic N) is 2. The van der Waals surface area contributed by atoms with Crippen molar-refractivity contribution in [1.29, 1.82) is 0 Å². The standard InChI is InChI=1S/C24H21N3O2/c28-24(17-27-15-14-21-8-4-5-9-23(21)27)26-25-16-19-10-12-22(13-11-19)29-18-20-6-2-1-3-7-20/h1-16H,17-18H2,(H,26,28)/b25-16+. The number of carbonyl (C=O) groups is 1. The first-order valence-electron chi connectivity index (χ1n) is 9.40. The molecule has 0 spiro atoms. The Bertz CT molecular complexity index is 1120. The fraction of sp³-hybridized carbons (Fsp3) is 0.0833. The Morgan fingerprint density at radius 1 is 0.931 bits per heavy atom. The minimum absolute atomic E-state index is 0.176. The van der Waals surface area contributed by atoms with Crippen LogP contribution < -0.4 is 10.2 Å². The Kier molecular flexibility index (Phi) is 5.67. The molecule has 1 N–H and O–H groups in total. The van der Waals surface area contributed by atoms with Gasteiger partial charge < -0.3 is 9.30 Å². The maximum atomic E-state index is 12.2. The first-order chi connectivity index (χ1) is 14.3. The molecule has 0 fully saturated rings. The van der Waals surface area contributed by atoms with Crippen molar-refractivity contribution in [2.24, 2.45) is 5.10 Å². The van der Waals surface area contributed by atoms with Crippen molar-refractivity contribution in [3.63, 3.8) is 0 Å². The van der Waals surface area contributed by atoms with Crippen LogP contribution in [0.1, 0.15) is 11.1 Å². The number of hydrazone groups is 1. The topological polar surface area (TPSA) is 55.6 Å².